The first kappa shape index (κ1) is 20.4. The number of benzene rings is 1. The van der Waals surface area contributed by atoms with E-state index < -0.39 is 0 Å². The van der Waals surface area contributed by atoms with Gasteiger partial charge in [0.1, 0.15) is 27.5 Å². The normalized spacial score (nSPS) is 11.0. The molecule has 0 fully saturated rings. The Hall–Kier alpha value is -2.91. The predicted octanol–water partition coefficient (Wildman–Crippen LogP) is 4.71. The van der Waals surface area contributed by atoms with E-state index in [9.17, 15) is 0 Å². The van der Waals surface area contributed by atoms with Crippen LogP contribution in [-0.2, 0) is 0 Å². The van der Waals surface area contributed by atoms with Gasteiger partial charge in [-0.05, 0) is 41.1 Å². The number of halogens is 2. The Bertz CT molecular complexity index is 1210. The van der Waals surface area contributed by atoms with Crippen molar-refractivity contribution in [2.45, 2.75) is 6.92 Å². The molecule has 4 aromatic rings. The lowest BCUT2D eigenvalue weighted by atomic mass is 10.2. The third kappa shape index (κ3) is 3.54. The average molecular weight is 491 g/mol. The van der Waals surface area contributed by atoms with Crippen molar-refractivity contribution < 1.29 is 14.2 Å². The summed E-state index contributed by atoms with van der Waals surface area (Å²) in [4.78, 5) is 18.2. The molecule has 154 valence electrons. The highest BCUT2D eigenvalue weighted by Crippen LogP contribution is 2.38. The van der Waals surface area contributed by atoms with E-state index in [4.69, 9.17) is 25.8 Å². The van der Waals surface area contributed by atoms with E-state index >= 15 is 0 Å². The third-order valence-corrected chi connectivity index (χ3v) is 5.33. The van der Waals surface area contributed by atoms with Crippen LogP contribution in [0.3, 0.4) is 0 Å². The van der Waals surface area contributed by atoms with Crippen LogP contribution in [0.15, 0.2) is 41.0 Å². The lowest BCUT2D eigenvalue weighted by Gasteiger charge is -2.16. The minimum Gasteiger partial charge on any atom is -0.494 e. The van der Waals surface area contributed by atoms with Gasteiger partial charge in [0.25, 0.3) is 0 Å². The fourth-order valence-corrected chi connectivity index (χ4v) is 3.44. The molecule has 3 heterocycles. The summed E-state index contributed by atoms with van der Waals surface area (Å²) in [6.07, 6.45) is 0. The van der Waals surface area contributed by atoms with Gasteiger partial charge in [0.05, 0.1) is 20.8 Å². The second kappa shape index (κ2) is 8.45. The molecular weight excluding hydrogens is 474 g/mol. The number of methoxy groups -OCH3 is 2. The molecule has 0 aliphatic heterocycles. The Morgan fingerprint density at radius 2 is 1.67 bits per heavy atom. The molecule has 4 rings (SSSR count). The number of ether oxygens (including phenoxy) is 3. The zero-order valence-corrected chi connectivity index (χ0v) is 18.7. The van der Waals surface area contributed by atoms with Crippen LogP contribution in [-0.4, -0.2) is 45.3 Å². The van der Waals surface area contributed by atoms with Gasteiger partial charge in [-0.15, -0.1) is 0 Å². The number of para-hydroxylation sites is 1. The molecule has 8 nitrogen and oxygen atoms in total. The summed E-state index contributed by atoms with van der Waals surface area (Å²) in [5, 5.41) is 0.210. The van der Waals surface area contributed by atoms with E-state index in [-0.39, 0.29) is 5.15 Å². The van der Waals surface area contributed by atoms with Crippen molar-refractivity contribution in [1.82, 2.24) is 24.5 Å². The molecule has 0 unspecified atom stereocenters. The van der Waals surface area contributed by atoms with Crippen LogP contribution in [0.25, 0.3) is 28.5 Å². The van der Waals surface area contributed by atoms with Crippen LogP contribution in [0.4, 0.5) is 0 Å². The van der Waals surface area contributed by atoms with Crippen molar-refractivity contribution >= 4 is 38.8 Å². The summed E-state index contributed by atoms with van der Waals surface area (Å²) in [5.41, 5.74) is 2.01. The predicted molar refractivity (Wildman–Crippen MR) is 117 cm³/mol. The second-order valence-electron chi connectivity index (χ2n) is 6.03. The molecule has 0 amide bonds. The molecule has 10 heteroatoms. The van der Waals surface area contributed by atoms with Crippen molar-refractivity contribution in [1.29, 1.82) is 0 Å². The van der Waals surface area contributed by atoms with E-state index in [0.717, 1.165) is 0 Å². The fourth-order valence-electron chi connectivity index (χ4n) is 3.06. The van der Waals surface area contributed by atoms with Crippen LogP contribution in [0.1, 0.15) is 6.92 Å². The highest BCUT2D eigenvalue weighted by molar-refractivity contribution is 9.10. The molecule has 30 heavy (non-hydrogen) atoms. The highest BCUT2D eigenvalue weighted by Gasteiger charge is 2.24. The number of hydrogen-bond acceptors (Lipinski definition) is 7. The second-order valence-corrected chi connectivity index (χ2v) is 7.14. The van der Waals surface area contributed by atoms with Gasteiger partial charge in [-0.1, -0.05) is 23.7 Å². The summed E-state index contributed by atoms with van der Waals surface area (Å²) >= 11 is 9.52. The summed E-state index contributed by atoms with van der Waals surface area (Å²) in [7, 11) is 3.17. The lowest BCUT2D eigenvalue weighted by molar-refractivity contribution is 0.327. The first-order chi connectivity index (χ1) is 14.6. The van der Waals surface area contributed by atoms with Gasteiger partial charge in [0.2, 0.25) is 5.88 Å². The first-order valence-corrected chi connectivity index (χ1v) is 10.2. The zero-order chi connectivity index (χ0) is 21.3. The number of pyridine rings is 1. The molecule has 0 N–H and O–H groups in total. The van der Waals surface area contributed by atoms with E-state index in [2.05, 4.69) is 35.9 Å². The maximum absolute atomic E-state index is 6.17. The Labute approximate surface area is 185 Å². The van der Waals surface area contributed by atoms with Gasteiger partial charge in [-0.25, -0.2) is 19.9 Å². The van der Waals surface area contributed by atoms with Crippen LogP contribution >= 0.6 is 27.5 Å². The topological polar surface area (TPSA) is 84.2 Å². The molecule has 0 aliphatic carbocycles. The lowest BCUT2D eigenvalue weighted by Crippen LogP contribution is -2.05. The molecule has 1 aromatic carbocycles. The molecule has 0 bridgehead atoms. The van der Waals surface area contributed by atoms with Gasteiger partial charge < -0.3 is 14.2 Å². The van der Waals surface area contributed by atoms with Crippen molar-refractivity contribution in [3.8, 4) is 34.6 Å². The molecule has 0 radical (unpaired) electrons. The summed E-state index contributed by atoms with van der Waals surface area (Å²) < 4.78 is 19.0. The molecule has 3 aromatic heterocycles. The van der Waals surface area contributed by atoms with E-state index in [1.807, 2.05) is 37.3 Å². The third-order valence-electron chi connectivity index (χ3n) is 4.28. The van der Waals surface area contributed by atoms with Crippen LogP contribution in [0.5, 0.6) is 17.4 Å². The maximum Gasteiger partial charge on any atom is 0.213 e. The Morgan fingerprint density at radius 3 is 2.33 bits per heavy atom. The van der Waals surface area contributed by atoms with Gasteiger partial charge in [-0.3, -0.25) is 4.57 Å². The van der Waals surface area contributed by atoms with Crippen LogP contribution in [0, 0.1) is 0 Å². The van der Waals surface area contributed by atoms with Gasteiger partial charge in [0, 0.05) is 6.07 Å². The summed E-state index contributed by atoms with van der Waals surface area (Å²) in [5.74, 6) is 2.12. The Kier molecular flexibility index (Phi) is 5.74. The van der Waals surface area contributed by atoms with E-state index in [1.165, 1.54) is 0 Å². The molecule has 0 saturated heterocycles. The Balaban J connectivity index is 2.09. The van der Waals surface area contributed by atoms with Crippen LogP contribution < -0.4 is 14.2 Å². The number of aromatic nitrogens is 5. The summed E-state index contributed by atoms with van der Waals surface area (Å²) in [6, 6.07) is 11.0. The summed E-state index contributed by atoms with van der Waals surface area (Å²) in [6.45, 7) is 2.40. The van der Waals surface area contributed by atoms with Crippen LogP contribution in [0.2, 0.25) is 5.15 Å². The smallest absolute Gasteiger partial charge is 0.213 e. The molecule has 0 aliphatic rings. The number of fused-ring (bicyclic) bond motifs is 1. The van der Waals surface area contributed by atoms with Gasteiger partial charge in [0.15, 0.2) is 22.3 Å². The fraction of sp³-hybridized carbons (Fsp3) is 0.200. The van der Waals surface area contributed by atoms with Crippen molar-refractivity contribution in [3.63, 3.8) is 0 Å². The maximum atomic E-state index is 6.17. The monoisotopic (exact) mass is 489 g/mol. The number of rotatable bonds is 6. The van der Waals surface area contributed by atoms with Crippen molar-refractivity contribution in [2.75, 3.05) is 20.8 Å². The number of nitrogens with zero attached hydrogens (tertiary/aromatic N) is 5. The van der Waals surface area contributed by atoms with Crippen molar-refractivity contribution in [2.24, 2.45) is 0 Å². The number of hydrogen-bond donors (Lipinski definition) is 0. The van der Waals surface area contributed by atoms with Gasteiger partial charge >= 0.3 is 0 Å². The first-order valence-electron chi connectivity index (χ1n) is 9.00. The molecule has 0 atom stereocenters. The average Bonchev–Trinajstić information content (AvgIpc) is 3.11. The largest absolute Gasteiger partial charge is 0.494 e. The Morgan fingerprint density at radius 1 is 0.967 bits per heavy atom. The zero-order valence-electron chi connectivity index (χ0n) is 16.4. The minimum atomic E-state index is 0.210. The standard InChI is InChI=1S/C20H17BrClN5O3/c1-4-30-14-10-5-7-11(23-14)19-26-18-20(24-16(21)17(22)25-18)27(19)15-12(28-2)8-6-9-13(15)29-3/h5-10H,4H2,1-3H3. The minimum absolute atomic E-state index is 0.210. The van der Waals surface area contributed by atoms with E-state index in [1.54, 1.807) is 24.9 Å². The SMILES string of the molecule is CCOc1cccc(-c2nc3nc(Cl)c(Br)nc3n2-c2c(OC)cccc2OC)n1. The molecule has 0 saturated carbocycles. The van der Waals surface area contributed by atoms with E-state index in [0.29, 0.717) is 57.1 Å². The highest BCUT2D eigenvalue weighted by atomic mass is 79.9. The number of imidazole rings is 1. The quantitative estimate of drug-likeness (QED) is 0.387. The molecular formula is C20H17BrClN5O3. The molecule has 0 spiro atoms. The van der Waals surface area contributed by atoms with Crippen molar-refractivity contribution in [3.05, 3.63) is 46.2 Å². The van der Waals surface area contributed by atoms with Gasteiger partial charge in [-0.2, -0.15) is 0 Å².